The van der Waals surface area contributed by atoms with Crippen LogP contribution in [-0.4, -0.2) is 47.8 Å². The summed E-state index contributed by atoms with van der Waals surface area (Å²) in [6.07, 6.45) is 1.58. The Kier molecular flexibility index (Phi) is 510. The van der Waals surface area contributed by atoms with Gasteiger partial charge in [0.15, 0.2) is 0 Å². The van der Waals surface area contributed by atoms with E-state index >= 15 is 0 Å². The molecule has 0 aliphatic rings. The molecule has 0 aromatic rings. The molecule has 0 rings (SSSR count). The molecule has 0 aromatic carbocycles. The first-order valence-electron chi connectivity index (χ1n) is 1.62. The Morgan fingerprint density at radius 3 is 0.846 bits per heavy atom. The van der Waals surface area contributed by atoms with Crippen LogP contribution in [0.2, 0.25) is 0 Å². The molecule has 13 heavy (non-hydrogen) atoms. The van der Waals surface area contributed by atoms with Gasteiger partial charge in [0.05, 0.1) is 0 Å². The largest absolute Gasteiger partial charge is 0.0776 e. The maximum atomic E-state index is 5.01. The van der Waals surface area contributed by atoms with E-state index in [0.29, 0.717) is 0 Å². The van der Waals surface area contributed by atoms with Gasteiger partial charge < -0.3 is 0 Å². The second-order valence-electron chi connectivity index (χ2n) is 1.24. The van der Waals surface area contributed by atoms with Crippen molar-refractivity contribution in [3.8, 4) is 0 Å². The SMILES string of the molecule is C.C.C.C.C.C.[CH-]=C[C+](C)C.[Sn].[Sn]. The molecule has 0 aliphatic heterocycles. The first-order valence-corrected chi connectivity index (χ1v) is 1.62. The smallest absolute Gasteiger partial charge is 0 e. The molecule has 0 saturated carbocycles. The monoisotopic (exact) mass is 404 g/mol. The Bertz CT molecular complexity index is 35.1. The van der Waals surface area contributed by atoms with E-state index in [1.165, 1.54) is 0 Å². The van der Waals surface area contributed by atoms with E-state index in [2.05, 4.69) is 0 Å². The van der Waals surface area contributed by atoms with Gasteiger partial charge in [-0.15, -0.1) is 0 Å². The first kappa shape index (κ1) is 91.4. The minimum Gasteiger partial charge on any atom is -0.0776 e. The predicted molar refractivity (Wildman–Crippen MR) is 75.4 cm³/mol. The molecule has 8 radical (unpaired) electrons. The molecule has 0 aromatic heterocycles. The van der Waals surface area contributed by atoms with Gasteiger partial charge in [0.2, 0.25) is 0 Å². The van der Waals surface area contributed by atoms with Crippen molar-refractivity contribution in [2.75, 3.05) is 0 Å². The molecule has 0 bridgehead atoms. The van der Waals surface area contributed by atoms with Gasteiger partial charge in [-0.3, -0.25) is 0 Å². The Morgan fingerprint density at radius 1 is 0.769 bits per heavy atom. The Morgan fingerprint density at radius 2 is 0.846 bits per heavy atom. The first-order chi connectivity index (χ1) is 2.27. The topological polar surface area (TPSA) is 0 Å². The second kappa shape index (κ2) is 72.6. The van der Waals surface area contributed by atoms with Gasteiger partial charge in [-0.1, -0.05) is 63.1 Å². The summed E-state index contributed by atoms with van der Waals surface area (Å²) in [5.74, 6) is 1.16. The summed E-state index contributed by atoms with van der Waals surface area (Å²) in [5, 5.41) is 0. The summed E-state index contributed by atoms with van der Waals surface area (Å²) in [6.45, 7) is 8.93. The number of hydrogen-bond acceptors (Lipinski definition) is 0. The number of allylic oxidation sites excluding steroid dienone is 1. The van der Waals surface area contributed by atoms with Gasteiger partial charge >= 0.3 is 0 Å². The van der Waals surface area contributed by atoms with E-state index in [9.17, 15) is 0 Å². The summed E-state index contributed by atoms with van der Waals surface area (Å²) in [6, 6.07) is 0. The number of rotatable bonds is 1. The van der Waals surface area contributed by atoms with E-state index in [-0.39, 0.29) is 92.4 Å². The molecular formula is C11H32Sn2. The minimum absolute atomic E-state index is 0. The minimum atomic E-state index is 0. The van der Waals surface area contributed by atoms with Crippen LogP contribution >= 0.6 is 0 Å². The van der Waals surface area contributed by atoms with Crippen LogP contribution in [0.15, 0.2) is 6.08 Å². The fraction of sp³-hybridized carbons (Fsp3) is 0.727. The molecule has 0 saturated heterocycles. The van der Waals surface area contributed by atoms with Crippen molar-refractivity contribution in [1.29, 1.82) is 0 Å². The van der Waals surface area contributed by atoms with Crippen molar-refractivity contribution < 1.29 is 0 Å². The van der Waals surface area contributed by atoms with Crippen LogP contribution in [-0.2, 0) is 0 Å². The van der Waals surface area contributed by atoms with Crippen molar-refractivity contribution in [1.82, 2.24) is 0 Å². The van der Waals surface area contributed by atoms with E-state index < -0.39 is 0 Å². The Labute approximate surface area is 124 Å². The van der Waals surface area contributed by atoms with Crippen molar-refractivity contribution >= 4 is 47.8 Å². The van der Waals surface area contributed by atoms with Crippen molar-refractivity contribution in [2.24, 2.45) is 0 Å². The predicted octanol–water partition coefficient (Wildman–Crippen LogP) is 4.64. The zero-order chi connectivity index (χ0) is 4.28. The molecule has 0 atom stereocenters. The third-order valence-electron chi connectivity index (χ3n) is 0.333. The van der Waals surface area contributed by atoms with Gasteiger partial charge in [-0.2, -0.15) is 0 Å². The molecule has 0 heterocycles. The van der Waals surface area contributed by atoms with Crippen LogP contribution in [0.25, 0.3) is 0 Å². The van der Waals surface area contributed by atoms with Crippen LogP contribution in [0.1, 0.15) is 58.4 Å². The quantitative estimate of drug-likeness (QED) is 0.443. The van der Waals surface area contributed by atoms with Gasteiger partial charge in [-0.25, -0.2) is 0 Å². The van der Waals surface area contributed by atoms with Crippen molar-refractivity contribution in [3.63, 3.8) is 0 Å². The van der Waals surface area contributed by atoms with Gasteiger partial charge in [-0.05, 0) is 13.8 Å². The van der Waals surface area contributed by atoms with Gasteiger partial charge in [0.1, 0.15) is 0 Å². The zero-order valence-corrected chi connectivity index (χ0v) is 10.4. The average Bonchev–Trinajstić information content (AvgIpc) is 1.38. The maximum Gasteiger partial charge on any atom is 0 e. The summed E-state index contributed by atoms with van der Waals surface area (Å²) in [4.78, 5) is 0. The molecule has 84 valence electrons. The van der Waals surface area contributed by atoms with E-state index in [1.807, 2.05) is 13.8 Å². The summed E-state index contributed by atoms with van der Waals surface area (Å²) in [5.41, 5.74) is 0. The molecule has 2 heteroatoms. The number of hydrogen-bond donors (Lipinski definition) is 0. The summed E-state index contributed by atoms with van der Waals surface area (Å²) >= 11 is 0. The van der Waals surface area contributed by atoms with Crippen LogP contribution in [0.3, 0.4) is 0 Å². The van der Waals surface area contributed by atoms with E-state index in [0.717, 1.165) is 5.92 Å². The third kappa shape index (κ3) is 161. The summed E-state index contributed by atoms with van der Waals surface area (Å²) < 4.78 is 0. The average molecular weight is 402 g/mol. The molecule has 0 unspecified atom stereocenters. The van der Waals surface area contributed by atoms with Crippen LogP contribution in [0, 0.1) is 12.5 Å². The molecule has 0 fully saturated rings. The van der Waals surface area contributed by atoms with E-state index in [4.69, 9.17) is 6.58 Å². The van der Waals surface area contributed by atoms with E-state index in [1.54, 1.807) is 6.08 Å². The molecular weight excluding hydrogens is 370 g/mol. The summed E-state index contributed by atoms with van der Waals surface area (Å²) in [7, 11) is 0. The fourth-order valence-electron chi connectivity index (χ4n) is 0. The second-order valence-corrected chi connectivity index (χ2v) is 1.24. The van der Waals surface area contributed by atoms with Gasteiger partial charge in [0, 0.05) is 47.8 Å². The maximum absolute atomic E-state index is 5.01. The molecule has 0 N–H and O–H groups in total. The normalized spacial score (nSPS) is 2.62. The van der Waals surface area contributed by atoms with Gasteiger partial charge in [0.25, 0.3) is 0 Å². The molecule has 0 spiro atoms. The Balaban J connectivity index is -0.00000000286. The molecule has 0 aliphatic carbocycles. The van der Waals surface area contributed by atoms with Crippen LogP contribution in [0.4, 0.5) is 0 Å². The third-order valence-corrected chi connectivity index (χ3v) is 0.333. The van der Waals surface area contributed by atoms with Crippen LogP contribution < -0.4 is 0 Å². The van der Waals surface area contributed by atoms with Crippen molar-refractivity contribution in [3.05, 3.63) is 18.6 Å². The Hall–Kier alpha value is 1.21. The van der Waals surface area contributed by atoms with Crippen LogP contribution in [0.5, 0.6) is 0 Å². The molecule has 0 nitrogen and oxygen atoms in total. The fourth-order valence-corrected chi connectivity index (χ4v) is 0. The standard InChI is InChI=1S/C5H8.6CH4.2Sn/c1-4-5(2)3;;;;;;;;/h1,4H,2-3H3;6*1H4;;. The zero-order valence-electron chi connectivity index (χ0n) is 4.65. The van der Waals surface area contributed by atoms with Crippen molar-refractivity contribution in [2.45, 2.75) is 58.4 Å². The molecule has 0 amide bonds.